The Bertz CT molecular complexity index is 4010. The first kappa shape index (κ1) is 85.6. The highest BCUT2D eigenvalue weighted by Crippen LogP contribution is 2.52. The summed E-state index contributed by atoms with van der Waals surface area (Å²) in [7, 11) is 0. The van der Waals surface area contributed by atoms with E-state index in [1.165, 1.54) is 166 Å². The van der Waals surface area contributed by atoms with Crippen LogP contribution < -0.4 is 0 Å². The largest absolute Gasteiger partial charge is 0.306 e. The molecule has 4 amide bonds. The SMILES string of the molecule is CCCCCCCCC(CCCCCC)CN1C(=O)C2=C(c3ccc(-c4ccc(-c5cccs5)s4)s3)N(CC)C(=O)C2=C1/C(S)=C/CC/C=C(\S)C1=C2C(=O)N(CC(CCCCCC)CCCCCCCC)C(c3ccc(-c4ccc(-c5cccs5)s4)s3)=C2C(=O)N1CC(CCCCCC)CCCCCCCC. The number of rotatable bonds is 54. The quantitative estimate of drug-likeness (QED) is 0.0295. The lowest BCUT2D eigenvalue weighted by Gasteiger charge is -2.30. The number of unbranched alkanes of at least 4 members (excludes halogenated alkanes) is 25. The zero-order chi connectivity index (χ0) is 76.2. The highest BCUT2D eigenvalue weighted by Gasteiger charge is 2.51. The molecule has 0 aliphatic carbocycles. The number of hydrogen-bond acceptors (Lipinski definition) is 12. The highest BCUT2D eigenvalue weighted by atomic mass is 32.1. The molecule has 0 saturated heterocycles. The zero-order valence-electron chi connectivity index (χ0n) is 66.4. The summed E-state index contributed by atoms with van der Waals surface area (Å²) in [6.07, 6.45) is 47.3. The van der Waals surface area contributed by atoms with Crippen molar-refractivity contribution in [3.05, 3.63) is 149 Å². The molecule has 10 rings (SSSR count). The Kier molecular flexibility index (Phi) is 35.8. The van der Waals surface area contributed by atoms with Crippen LogP contribution in [-0.4, -0.2) is 69.4 Å². The molecule has 4 aliphatic heterocycles. The number of amides is 4. The van der Waals surface area contributed by atoms with Gasteiger partial charge >= 0.3 is 0 Å². The van der Waals surface area contributed by atoms with Crippen molar-refractivity contribution in [2.24, 2.45) is 17.8 Å². The molecule has 6 aromatic rings. The summed E-state index contributed by atoms with van der Waals surface area (Å²) in [6, 6.07) is 26.1. The fourth-order valence-corrected chi connectivity index (χ4v) is 23.2. The van der Waals surface area contributed by atoms with Crippen LogP contribution in [0.5, 0.6) is 0 Å². The maximum atomic E-state index is 16.4. The summed E-state index contributed by atoms with van der Waals surface area (Å²) in [5.41, 5.74) is 4.75. The molecule has 0 bridgehead atoms. The third-order valence-electron chi connectivity index (χ3n) is 22.5. The second kappa shape index (κ2) is 45.2. The molecule has 10 heterocycles. The first-order valence-corrected chi connectivity index (χ1v) is 48.3. The van der Waals surface area contributed by atoms with Crippen molar-refractivity contribution in [3.8, 4) is 39.0 Å². The number of fused-ring (bicyclic) bond motifs is 2. The van der Waals surface area contributed by atoms with E-state index >= 15 is 19.2 Å². The van der Waals surface area contributed by atoms with E-state index in [4.69, 9.17) is 25.3 Å². The molecule has 4 aliphatic rings. The minimum atomic E-state index is -0.149. The van der Waals surface area contributed by atoms with Crippen LogP contribution in [0.1, 0.15) is 302 Å². The van der Waals surface area contributed by atoms with Crippen LogP contribution >= 0.6 is 93.3 Å². The number of thiol groups is 2. The zero-order valence-corrected chi connectivity index (χ0v) is 73.1. The third kappa shape index (κ3) is 22.6. The Labute approximate surface area is 685 Å². The van der Waals surface area contributed by atoms with Gasteiger partial charge in [0.1, 0.15) is 0 Å². The number of carbonyl (C=O) groups excluding carboxylic acids is 4. The predicted molar refractivity (Wildman–Crippen MR) is 476 cm³/mol. The van der Waals surface area contributed by atoms with E-state index in [1.807, 2.05) is 21.6 Å². The van der Waals surface area contributed by atoms with Gasteiger partial charge in [-0.1, -0.05) is 258 Å². The van der Waals surface area contributed by atoms with Gasteiger partial charge in [-0.15, -0.1) is 93.3 Å². The van der Waals surface area contributed by atoms with Crippen molar-refractivity contribution in [1.82, 2.24) is 19.6 Å². The number of nitrogens with zero attached hydrogens (tertiary/aromatic N) is 4. The van der Waals surface area contributed by atoms with Crippen LogP contribution in [0.25, 0.3) is 50.4 Å². The second-order valence-corrected chi connectivity index (χ2v) is 38.1. The standard InChI is InChI=1S/C92H126N4O4S8/c1-8-15-21-27-30-36-46-66(43-33-24-18-11-4)63-94-85(81-83(91(94)99)87(93(14-7)89(81)97)79-59-57-77(107-79)75-55-53-73(105-75)71-51-41-61-103-71)69(101)49-39-40-50-70(102)86-82-84(92(100)95(86)64-67(44-34-25-19-12-5)47-37-31-28-22-16-9-2)88(80-60-58-78(108-80)76-56-54-74(106-76)72-52-42-62-104-72)96(90(82)98)65-68(45-35-26-20-13-6)48-38-32-29-23-17-10-3/h41-42,49-62,66-68,101-102H,8-40,43-48,63-65H2,1-7H3/b69-49-,70-50-. The van der Waals surface area contributed by atoms with Crippen molar-refractivity contribution >= 4 is 128 Å². The molecule has 8 nitrogen and oxygen atoms in total. The number of hydrogen-bond donors (Lipinski definition) is 2. The molecule has 6 aromatic heterocycles. The number of likely N-dealkylation sites (N-methyl/N-ethyl adjacent to an activating group) is 1. The Morgan fingerprint density at radius 2 is 0.574 bits per heavy atom. The van der Waals surface area contributed by atoms with Gasteiger partial charge in [0.2, 0.25) is 0 Å². The molecule has 0 N–H and O–H groups in total. The molecule has 0 saturated carbocycles. The first-order valence-electron chi connectivity index (χ1n) is 42.4. The Balaban J connectivity index is 1.04. The first-order chi connectivity index (χ1) is 52.9. The predicted octanol–water partition coefficient (Wildman–Crippen LogP) is 29.2. The van der Waals surface area contributed by atoms with Gasteiger partial charge in [0.25, 0.3) is 23.6 Å². The molecule has 16 heteroatoms. The maximum absolute atomic E-state index is 16.4. The number of allylic oxidation sites excluding steroid dienone is 2. The Hall–Kier alpha value is -4.78. The van der Waals surface area contributed by atoms with Crippen molar-refractivity contribution in [2.45, 2.75) is 292 Å². The van der Waals surface area contributed by atoms with Crippen LogP contribution in [0.3, 0.4) is 0 Å². The van der Waals surface area contributed by atoms with Gasteiger partial charge in [0.05, 0.1) is 54.8 Å². The maximum Gasteiger partial charge on any atom is 0.261 e. The molecule has 0 spiro atoms. The summed E-state index contributed by atoms with van der Waals surface area (Å²) in [4.78, 5) is 84.6. The fraction of sp³-hybridized carbons (Fsp3) is 0.565. The smallest absolute Gasteiger partial charge is 0.261 e. The van der Waals surface area contributed by atoms with Crippen molar-refractivity contribution in [2.75, 3.05) is 26.2 Å². The van der Waals surface area contributed by atoms with Crippen molar-refractivity contribution in [3.63, 3.8) is 0 Å². The molecule has 108 heavy (non-hydrogen) atoms. The molecular formula is C92H126N4O4S8. The van der Waals surface area contributed by atoms with E-state index in [0.717, 1.165) is 120 Å². The lowest BCUT2D eigenvalue weighted by molar-refractivity contribution is -0.125. The van der Waals surface area contributed by atoms with Gasteiger partial charge in [-0.2, -0.15) is 0 Å². The average Bonchev–Trinajstić information content (AvgIpc) is 1.58. The van der Waals surface area contributed by atoms with Crippen LogP contribution in [0, 0.1) is 17.8 Å². The highest BCUT2D eigenvalue weighted by molar-refractivity contribution is 7.85. The monoisotopic (exact) mass is 1610 g/mol. The van der Waals surface area contributed by atoms with E-state index in [9.17, 15) is 0 Å². The average molecular weight is 1610 g/mol. The summed E-state index contributed by atoms with van der Waals surface area (Å²) >= 11 is 21.4. The second-order valence-electron chi connectivity index (χ2n) is 30.9. The normalized spacial score (nSPS) is 15.9. The third-order valence-corrected chi connectivity index (χ3v) is 30.2. The van der Waals surface area contributed by atoms with Gasteiger partial charge < -0.3 is 19.6 Å². The van der Waals surface area contributed by atoms with Crippen LogP contribution in [0.2, 0.25) is 0 Å². The van der Waals surface area contributed by atoms with E-state index in [-0.39, 0.29) is 41.4 Å². The van der Waals surface area contributed by atoms with Crippen LogP contribution in [-0.2, 0) is 19.2 Å². The minimum Gasteiger partial charge on any atom is -0.306 e. The fourth-order valence-electron chi connectivity index (χ4n) is 16.5. The minimum absolute atomic E-state index is 0.0787. The van der Waals surface area contributed by atoms with Gasteiger partial charge in [0, 0.05) is 75.0 Å². The van der Waals surface area contributed by atoms with Crippen LogP contribution in [0.15, 0.2) is 139 Å². The van der Waals surface area contributed by atoms with Gasteiger partial charge in [-0.3, -0.25) is 19.2 Å². The molecule has 3 atom stereocenters. The summed E-state index contributed by atoms with van der Waals surface area (Å²) in [5.74, 6) is 0.395. The Morgan fingerprint density at radius 3 is 0.889 bits per heavy atom. The molecule has 3 unspecified atom stereocenters. The topological polar surface area (TPSA) is 81.2 Å². The molecule has 0 radical (unpaired) electrons. The van der Waals surface area contributed by atoms with E-state index in [0.29, 0.717) is 88.2 Å². The molecule has 0 fully saturated rings. The van der Waals surface area contributed by atoms with Gasteiger partial charge in [-0.05, 0) is 147 Å². The summed E-state index contributed by atoms with van der Waals surface area (Å²) in [6.45, 7) is 17.7. The Morgan fingerprint density at radius 1 is 0.315 bits per heavy atom. The summed E-state index contributed by atoms with van der Waals surface area (Å²) < 4.78 is 0. The summed E-state index contributed by atoms with van der Waals surface area (Å²) in [5, 5.41) is 4.25. The van der Waals surface area contributed by atoms with Crippen molar-refractivity contribution in [1.29, 1.82) is 0 Å². The van der Waals surface area contributed by atoms with E-state index < -0.39 is 0 Å². The molecule has 586 valence electrons. The lowest BCUT2D eigenvalue weighted by Crippen LogP contribution is -2.35. The number of thiophene rings is 6. The van der Waals surface area contributed by atoms with E-state index in [2.05, 4.69) is 142 Å². The van der Waals surface area contributed by atoms with Crippen LogP contribution in [0.4, 0.5) is 0 Å². The molecular weight excluding hydrogens is 1480 g/mol. The number of carbonyl (C=O) groups is 4. The van der Waals surface area contributed by atoms with E-state index in [1.54, 1.807) is 68.0 Å². The van der Waals surface area contributed by atoms with Gasteiger partial charge in [-0.25, -0.2) is 0 Å². The lowest BCUT2D eigenvalue weighted by atomic mass is 9.93. The van der Waals surface area contributed by atoms with Gasteiger partial charge in [0.15, 0.2) is 0 Å². The van der Waals surface area contributed by atoms with Crippen molar-refractivity contribution < 1.29 is 19.2 Å². The molecule has 0 aromatic carbocycles.